The Bertz CT molecular complexity index is 1120. The molecule has 0 amide bonds. The van der Waals surface area contributed by atoms with Gasteiger partial charge in [0.05, 0.1) is 12.2 Å². The van der Waals surface area contributed by atoms with Crippen molar-refractivity contribution in [1.82, 2.24) is 29.6 Å². The van der Waals surface area contributed by atoms with Gasteiger partial charge in [0.1, 0.15) is 5.69 Å². The first-order valence-electron chi connectivity index (χ1n) is 8.10. The van der Waals surface area contributed by atoms with Gasteiger partial charge in [-0.05, 0) is 25.4 Å². The molecule has 138 valence electrons. The molecule has 0 N–H and O–H groups in total. The quantitative estimate of drug-likeness (QED) is 0.456. The minimum absolute atomic E-state index is 0.167. The standard InChI is InChI=1S/C17H16N6O2S2/c1-22(10-13-8-14(21-25-13)11-3-5-18-6-4-11)9-12-7-15(24)23-16(19-12)27-17(20-23)26-2/h3-8H,9-10H2,1-2H3. The summed E-state index contributed by atoms with van der Waals surface area (Å²) in [4.78, 5) is 23.4. The van der Waals surface area contributed by atoms with E-state index in [9.17, 15) is 4.79 Å². The lowest BCUT2D eigenvalue weighted by molar-refractivity contribution is 0.264. The molecular formula is C17H16N6O2S2. The van der Waals surface area contributed by atoms with Crippen LogP contribution in [-0.2, 0) is 13.1 Å². The number of rotatable bonds is 6. The van der Waals surface area contributed by atoms with Crippen LogP contribution in [0, 0.1) is 0 Å². The lowest BCUT2D eigenvalue weighted by atomic mass is 10.2. The van der Waals surface area contributed by atoms with Crippen molar-refractivity contribution in [2.24, 2.45) is 0 Å². The lowest BCUT2D eigenvalue weighted by Crippen LogP contribution is -2.21. The van der Waals surface area contributed by atoms with Crippen molar-refractivity contribution in [2.45, 2.75) is 17.4 Å². The number of nitrogens with zero attached hydrogens (tertiary/aromatic N) is 6. The van der Waals surface area contributed by atoms with E-state index < -0.39 is 0 Å². The molecule has 10 heteroatoms. The molecule has 8 nitrogen and oxygen atoms in total. The second-order valence-corrected chi connectivity index (χ2v) is 7.95. The van der Waals surface area contributed by atoms with Crippen molar-refractivity contribution in [3.05, 3.63) is 58.5 Å². The van der Waals surface area contributed by atoms with Crippen LogP contribution in [0.4, 0.5) is 0 Å². The molecule has 0 aliphatic heterocycles. The molecule has 0 fully saturated rings. The van der Waals surface area contributed by atoms with Crippen molar-refractivity contribution >= 4 is 28.1 Å². The van der Waals surface area contributed by atoms with Crippen LogP contribution in [-0.4, -0.2) is 42.9 Å². The highest BCUT2D eigenvalue weighted by atomic mass is 32.2. The van der Waals surface area contributed by atoms with Crippen LogP contribution in [0.25, 0.3) is 16.2 Å². The number of thioether (sulfide) groups is 1. The lowest BCUT2D eigenvalue weighted by Gasteiger charge is -2.13. The van der Waals surface area contributed by atoms with E-state index in [2.05, 4.69) is 20.2 Å². The zero-order chi connectivity index (χ0) is 18.8. The molecule has 4 heterocycles. The van der Waals surface area contributed by atoms with Crippen LogP contribution in [0.3, 0.4) is 0 Å². The summed E-state index contributed by atoms with van der Waals surface area (Å²) in [7, 11) is 1.94. The Morgan fingerprint density at radius 1 is 1.26 bits per heavy atom. The maximum absolute atomic E-state index is 12.2. The summed E-state index contributed by atoms with van der Waals surface area (Å²) in [5.74, 6) is 0.740. The van der Waals surface area contributed by atoms with E-state index in [1.54, 1.807) is 12.4 Å². The Kier molecular flexibility index (Phi) is 5.01. The topological polar surface area (TPSA) is 89.4 Å². The Labute approximate surface area is 162 Å². The Hall–Kier alpha value is -2.56. The second-order valence-electron chi connectivity index (χ2n) is 5.94. The first-order chi connectivity index (χ1) is 13.1. The summed E-state index contributed by atoms with van der Waals surface area (Å²) < 4.78 is 7.59. The molecular weight excluding hydrogens is 384 g/mol. The van der Waals surface area contributed by atoms with Gasteiger partial charge in [0.15, 0.2) is 10.1 Å². The zero-order valence-electron chi connectivity index (χ0n) is 14.7. The van der Waals surface area contributed by atoms with Crippen molar-refractivity contribution in [3.8, 4) is 11.3 Å². The average Bonchev–Trinajstić information content (AvgIpc) is 3.29. The summed E-state index contributed by atoms with van der Waals surface area (Å²) in [6, 6.07) is 7.20. The minimum Gasteiger partial charge on any atom is -0.359 e. The molecule has 0 radical (unpaired) electrons. The molecule has 0 spiro atoms. The van der Waals surface area contributed by atoms with Gasteiger partial charge in [0.2, 0.25) is 4.96 Å². The SMILES string of the molecule is CSc1nn2c(=O)cc(CN(C)Cc3cc(-c4ccncc4)no3)nc2s1. The Morgan fingerprint density at radius 3 is 2.85 bits per heavy atom. The number of fused-ring (bicyclic) bond motifs is 1. The van der Waals surface area contributed by atoms with Gasteiger partial charge in [0, 0.05) is 36.6 Å². The number of hydrogen-bond acceptors (Lipinski definition) is 9. The smallest absolute Gasteiger partial charge is 0.275 e. The van der Waals surface area contributed by atoms with Gasteiger partial charge in [-0.3, -0.25) is 14.7 Å². The second kappa shape index (κ2) is 7.59. The summed E-state index contributed by atoms with van der Waals surface area (Å²) in [5, 5.41) is 8.34. The Morgan fingerprint density at radius 2 is 2.07 bits per heavy atom. The largest absolute Gasteiger partial charge is 0.359 e. The third kappa shape index (κ3) is 3.92. The molecule has 0 aromatic carbocycles. The van der Waals surface area contributed by atoms with E-state index in [-0.39, 0.29) is 5.56 Å². The van der Waals surface area contributed by atoms with Gasteiger partial charge in [0.25, 0.3) is 5.56 Å². The molecule has 0 aliphatic rings. The number of hydrogen-bond donors (Lipinski definition) is 0. The molecule has 4 rings (SSSR count). The van der Waals surface area contributed by atoms with E-state index >= 15 is 0 Å². The molecule has 0 unspecified atom stereocenters. The molecule has 4 aromatic rings. The van der Waals surface area contributed by atoms with E-state index in [1.807, 2.05) is 36.4 Å². The highest BCUT2D eigenvalue weighted by Gasteiger charge is 2.12. The van der Waals surface area contributed by atoms with Gasteiger partial charge >= 0.3 is 0 Å². The predicted octanol–water partition coefficient (Wildman–Crippen LogP) is 2.55. The summed E-state index contributed by atoms with van der Waals surface area (Å²) in [6.45, 7) is 1.07. The monoisotopic (exact) mass is 400 g/mol. The van der Waals surface area contributed by atoms with Crippen molar-refractivity contribution in [1.29, 1.82) is 0 Å². The highest BCUT2D eigenvalue weighted by molar-refractivity contribution is 8.00. The summed E-state index contributed by atoms with van der Waals surface area (Å²) in [5.41, 5.74) is 2.26. The summed E-state index contributed by atoms with van der Waals surface area (Å²) >= 11 is 2.91. The molecule has 0 saturated carbocycles. The molecule has 27 heavy (non-hydrogen) atoms. The first kappa shape index (κ1) is 17.8. The van der Waals surface area contributed by atoms with E-state index in [0.29, 0.717) is 23.7 Å². The van der Waals surface area contributed by atoms with E-state index in [4.69, 9.17) is 4.52 Å². The predicted molar refractivity (Wildman–Crippen MR) is 104 cm³/mol. The molecule has 0 saturated heterocycles. The highest BCUT2D eigenvalue weighted by Crippen LogP contribution is 2.21. The third-order valence-corrected chi connectivity index (χ3v) is 5.73. The fraction of sp³-hybridized carbons (Fsp3) is 0.235. The van der Waals surface area contributed by atoms with Crippen LogP contribution >= 0.6 is 23.1 Å². The zero-order valence-corrected chi connectivity index (χ0v) is 16.3. The molecule has 0 aliphatic carbocycles. The van der Waals surface area contributed by atoms with Crippen LogP contribution in [0.15, 0.2) is 50.3 Å². The van der Waals surface area contributed by atoms with Crippen LogP contribution in [0.2, 0.25) is 0 Å². The van der Waals surface area contributed by atoms with Crippen molar-refractivity contribution < 1.29 is 4.52 Å². The van der Waals surface area contributed by atoms with Gasteiger partial charge in [-0.15, -0.1) is 5.10 Å². The molecule has 0 atom stereocenters. The van der Waals surface area contributed by atoms with Crippen molar-refractivity contribution in [2.75, 3.05) is 13.3 Å². The normalized spacial score (nSPS) is 11.5. The Balaban J connectivity index is 1.48. The van der Waals surface area contributed by atoms with Gasteiger partial charge in [-0.25, -0.2) is 4.98 Å². The van der Waals surface area contributed by atoms with E-state index in [1.165, 1.54) is 33.7 Å². The molecule has 4 aromatic heterocycles. The average molecular weight is 400 g/mol. The van der Waals surface area contributed by atoms with Crippen LogP contribution in [0.5, 0.6) is 0 Å². The van der Waals surface area contributed by atoms with Gasteiger partial charge in [-0.1, -0.05) is 28.3 Å². The maximum Gasteiger partial charge on any atom is 0.275 e. The summed E-state index contributed by atoms with van der Waals surface area (Å²) in [6.07, 6.45) is 5.37. The van der Waals surface area contributed by atoms with Gasteiger partial charge < -0.3 is 4.52 Å². The minimum atomic E-state index is -0.167. The fourth-order valence-corrected chi connectivity index (χ4v) is 4.03. The van der Waals surface area contributed by atoms with Crippen LogP contribution in [0.1, 0.15) is 11.5 Å². The number of aromatic nitrogens is 5. The van der Waals surface area contributed by atoms with Gasteiger partial charge in [-0.2, -0.15) is 4.52 Å². The fourth-order valence-electron chi connectivity index (χ4n) is 2.65. The molecule has 0 bridgehead atoms. The van der Waals surface area contributed by atoms with Crippen LogP contribution < -0.4 is 5.56 Å². The van der Waals surface area contributed by atoms with E-state index in [0.717, 1.165) is 21.4 Å². The first-order valence-corrected chi connectivity index (χ1v) is 10.1. The third-order valence-electron chi connectivity index (χ3n) is 3.85. The maximum atomic E-state index is 12.2. The van der Waals surface area contributed by atoms with Crippen molar-refractivity contribution in [3.63, 3.8) is 0 Å². The number of pyridine rings is 1.